The summed E-state index contributed by atoms with van der Waals surface area (Å²) in [6.07, 6.45) is 3.34. The number of aliphatic hydroxyl groups excluding tert-OH is 3. The van der Waals surface area contributed by atoms with Gasteiger partial charge < -0.3 is 26.0 Å². The molecule has 0 radical (unpaired) electrons. The summed E-state index contributed by atoms with van der Waals surface area (Å²) in [5, 5.41) is 33.1. The van der Waals surface area contributed by atoms with Gasteiger partial charge in [-0.05, 0) is 38.3 Å². The Balaban J connectivity index is 2.31. The summed E-state index contributed by atoms with van der Waals surface area (Å²) in [7, 11) is 0. The summed E-state index contributed by atoms with van der Waals surface area (Å²) >= 11 is 0. The van der Waals surface area contributed by atoms with Crippen molar-refractivity contribution in [2.24, 2.45) is 5.92 Å². The van der Waals surface area contributed by atoms with E-state index < -0.39 is 25.4 Å². The van der Waals surface area contributed by atoms with Gasteiger partial charge in [0.2, 0.25) is 5.91 Å². The van der Waals surface area contributed by atoms with Gasteiger partial charge in [-0.1, -0.05) is 0 Å². The Bertz CT molecular complexity index is 242. The van der Waals surface area contributed by atoms with Crippen LogP contribution in [-0.4, -0.2) is 59.7 Å². The summed E-state index contributed by atoms with van der Waals surface area (Å²) in [4.78, 5) is 11.7. The van der Waals surface area contributed by atoms with E-state index in [9.17, 15) is 4.79 Å². The van der Waals surface area contributed by atoms with Crippen LogP contribution in [0.25, 0.3) is 0 Å². The fourth-order valence-electron chi connectivity index (χ4n) is 2.13. The Hall–Kier alpha value is -0.690. The van der Waals surface area contributed by atoms with Crippen LogP contribution >= 0.6 is 0 Å². The molecule has 6 nitrogen and oxygen atoms in total. The molecule has 1 aliphatic heterocycles. The smallest absolute Gasteiger partial charge is 0.220 e. The molecule has 0 aromatic rings. The van der Waals surface area contributed by atoms with Gasteiger partial charge in [0.15, 0.2) is 0 Å². The second-order valence-corrected chi connectivity index (χ2v) is 5.03. The summed E-state index contributed by atoms with van der Waals surface area (Å²) in [5.74, 6) is 0.328. The molecule has 0 aromatic heterocycles. The third-order valence-electron chi connectivity index (χ3n) is 3.55. The minimum Gasteiger partial charge on any atom is -0.394 e. The first-order valence-corrected chi connectivity index (χ1v) is 6.50. The van der Waals surface area contributed by atoms with Crippen LogP contribution in [0, 0.1) is 5.92 Å². The Morgan fingerprint density at radius 2 is 1.72 bits per heavy atom. The molecule has 6 heteroatoms. The Kier molecular flexibility index (Phi) is 6.56. The topological polar surface area (TPSA) is 102 Å². The van der Waals surface area contributed by atoms with Crippen LogP contribution in [0.15, 0.2) is 0 Å². The van der Waals surface area contributed by atoms with Gasteiger partial charge in [-0.2, -0.15) is 0 Å². The quantitative estimate of drug-likeness (QED) is 0.387. The molecule has 0 unspecified atom stereocenters. The molecule has 0 atom stereocenters. The van der Waals surface area contributed by atoms with Crippen LogP contribution in [-0.2, 0) is 4.79 Å². The molecular formula is C12H24N2O4. The lowest BCUT2D eigenvalue weighted by Gasteiger charge is -2.29. The molecule has 18 heavy (non-hydrogen) atoms. The molecule has 5 N–H and O–H groups in total. The average molecular weight is 260 g/mol. The van der Waals surface area contributed by atoms with Crippen molar-refractivity contribution >= 4 is 5.91 Å². The number of aliphatic hydroxyl groups is 3. The standard InChI is InChI=1S/C12H24N2O4/c15-7-12(8-16,9-17)14-11(18)2-1-10-3-5-13-6-4-10/h10,13,15-17H,1-9H2,(H,14,18). The first kappa shape index (κ1) is 15.4. The normalized spacial score (nSPS) is 17.7. The van der Waals surface area contributed by atoms with Crippen LogP contribution in [0.4, 0.5) is 0 Å². The molecule has 0 aromatic carbocycles. The zero-order chi connectivity index (χ0) is 13.4. The SMILES string of the molecule is O=C(CCC1CCNCC1)NC(CO)(CO)CO. The maximum absolute atomic E-state index is 11.7. The van der Waals surface area contributed by atoms with Crippen molar-refractivity contribution in [3.8, 4) is 0 Å². The maximum Gasteiger partial charge on any atom is 0.220 e. The van der Waals surface area contributed by atoms with Crippen molar-refractivity contribution in [1.29, 1.82) is 0 Å². The van der Waals surface area contributed by atoms with Crippen LogP contribution in [0.1, 0.15) is 25.7 Å². The number of hydrogen-bond acceptors (Lipinski definition) is 5. The summed E-state index contributed by atoms with van der Waals surface area (Å²) in [6.45, 7) is 0.581. The summed E-state index contributed by atoms with van der Waals surface area (Å²) in [6, 6.07) is 0. The largest absolute Gasteiger partial charge is 0.394 e. The van der Waals surface area contributed by atoms with E-state index in [1.807, 2.05) is 0 Å². The lowest BCUT2D eigenvalue weighted by molar-refractivity contribution is -0.125. The highest BCUT2D eigenvalue weighted by Gasteiger charge is 2.29. The zero-order valence-electron chi connectivity index (χ0n) is 10.7. The number of hydrogen-bond donors (Lipinski definition) is 5. The van der Waals surface area contributed by atoms with Crippen molar-refractivity contribution in [2.75, 3.05) is 32.9 Å². The monoisotopic (exact) mass is 260 g/mol. The van der Waals surface area contributed by atoms with E-state index in [1.165, 1.54) is 0 Å². The lowest BCUT2D eigenvalue weighted by atomic mass is 9.93. The average Bonchev–Trinajstić information content (AvgIpc) is 2.44. The number of nitrogens with one attached hydrogen (secondary N) is 2. The fourth-order valence-corrected chi connectivity index (χ4v) is 2.13. The number of piperidine rings is 1. The highest BCUT2D eigenvalue weighted by atomic mass is 16.3. The van der Waals surface area contributed by atoms with Gasteiger partial charge in [-0.3, -0.25) is 4.79 Å². The molecule has 0 saturated carbocycles. The molecule has 0 aliphatic carbocycles. The highest BCUT2D eigenvalue weighted by Crippen LogP contribution is 2.17. The van der Waals surface area contributed by atoms with Gasteiger partial charge in [0.05, 0.1) is 19.8 Å². The zero-order valence-corrected chi connectivity index (χ0v) is 10.7. The number of amides is 1. The Morgan fingerprint density at radius 3 is 2.22 bits per heavy atom. The number of carbonyl (C=O) groups excluding carboxylic acids is 1. The van der Waals surface area contributed by atoms with E-state index in [-0.39, 0.29) is 5.91 Å². The van der Waals surface area contributed by atoms with E-state index in [1.54, 1.807) is 0 Å². The summed E-state index contributed by atoms with van der Waals surface area (Å²) in [5.41, 5.74) is -1.30. The minimum absolute atomic E-state index is 0.231. The predicted molar refractivity (Wildman–Crippen MR) is 67.0 cm³/mol. The number of rotatable bonds is 7. The maximum atomic E-state index is 11.7. The third-order valence-corrected chi connectivity index (χ3v) is 3.55. The molecule has 0 spiro atoms. The second-order valence-electron chi connectivity index (χ2n) is 5.03. The molecule has 1 rings (SSSR count). The van der Waals surface area contributed by atoms with E-state index in [4.69, 9.17) is 15.3 Å². The third kappa shape index (κ3) is 4.53. The van der Waals surface area contributed by atoms with Gasteiger partial charge in [0.25, 0.3) is 0 Å². The predicted octanol–water partition coefficient (Wildman–Crippen LogP) is -1.40. The lowest BCUT2D eigenvalue weighted by Crippen LogP contribution is -2.57. The van der Waals surface area contributed by atoms with Crippen molar-refractivity contribution in [3.05, 3.63) is 0 Å². The molecule has 1 fully saturated rings. The highest BCUT2D eigenvalue weighted by molar-refractivity contribution is 5.76. The molecule has 1 saturated heterocycles. The van der Waals surface area contributed by atoms with Gasteiger partial charge in [0, 0.05) is 6.42 Å². The van der Waals surface area contributed by atoms with Gasteiger partial charge in [-0.15, -0.1) is 0 Å². The molecule has 0 bridgehead atoms. The molecule has 1 aliphatic rings. The first-order chi connectivity index (χ1) is 8.65. The molecular weight excluding hydrogens is 236 g/mol. The second kappa shape index (κ2) is 7.68. The van der Waals surface area contributed by atoms with E-state index in [0.29, 0.717) is 12.3 Å². The van der Waals surface area contributed by atoms with Gasteiger partial charge in [-0.25, -0.2) is 0 Å². The molecule has 1 heterocycles. The van der Waals surface area contributed by atoms with E-state index in [2.05, 4.69) is 10.6 Å². The van der Waals surface area contributed by atoms with Gasteiger partial charge in [0.1, 0.15) is 5.54 Å². The van der Waals surface area contributed by atoms with Crippen molar-refractivity contribution in [2.45, 2.75) is 31.2 Å². The van der Waals surface area contributed by atoms with Crippen LogP contribution < -0.4 is 10.6 Å². The van der Waals surface area contributed by atoms with Crippen LogP contribution in [0.2, 0.25) is 0 Å². The number of carbonyl (C=O) groups is 1. The van der Waals surface area contributed by atoms with Crippen molar-refractivity contribution in [1.82, 2.24) is 10.6 Å². The minimum atomic E-state index is -1.30. The van der Waals surface area contributed by atoms with E-state index in [0.717, 1.165) is 32.4 Å². The Labute approximate surface area is 107 Å². The summed E-state index contributed by atoms with van der Waals surface area (Å²) < 4.78 is 0. The molecule has 1 amide bonds. The molecule has 106 valence electrons. The van der Waals surface area contributed by atoms with Crippen LogP contribution in [0.5, 0.6) is 0 Å². The van der Waals surface area contributed by atoms with Crippen molar-refractivity contribution in [3.63, 3.8) is 0 Å². The van der Waals surface area contributed by atoms with Crippen LogP contribution in [0.3, 0.4) is 0 Å². The fraction of sp³-hybridized carbons (Fsp3) is 0.917. The first-order valence-electron chi connectivity index (χ1n) is 6.50. The Morgan fingerprint density at radius 1 is 1.17 bits per heavy atom. The van der Waals surface area contributed by atoms with E-state index >= 15 is 0 Å². The van der Waals surface area contributed by atoms with Crippen molar-refractivity contribution < 1.29 is 20.1 Å². The van der Waals surface area contributed by atoms with Gasteiger partial charge >= 0.3 is 0 Å².